The first kappa shape index (κ1) is 29.1. The average Bonchev–Trinajstić information content (AvgIpc) is 3.86. The Morgan fingerprint density at radius 2 is 0.769 bits per heavy atom. The predicted molar refractivity (Wildman–Crippen MR) is 218 cm³/mol. The summed E-state index contributed by atoms with van der Waals surface area (Å²) in [4.78, 5) is 14.9. The van der Waals surface area contributed by atoms with Gasteiger partial charge >= 0.3 is 0 Å². The largest absolute Gasteiger partial charge is 0.308 e. The van der Waals surface area contributed by atoms with Gasteiger partial charge < -0.3 is 4.57 Å². The lowest BCUT2D eigenvalue weighted by atomic mass is 9.95. The molecule has 3 heterocycles. The van der Waals surface area contributed by atoms with E-state index in [0.29, 0.717) is 17.5 Å². The van der Waals surface area contributed by atoms with Gasteiger partial charge in [-0.25, -0.2) is 15.0 Å². The molecule has 0 saturated heterocycles. The topological polar surface area (TPSA) is 43.6 Å². The normalized spacial score (nSPS) is 11.8. The fourth-order valence-corrected chi connectivity index (χ4v) is 8.98. The highest BCUT2D eigenvalue weighted by atomic mass is 32.1. The van der Waals surface area contributed by atoms with E-state index in [0.717, 1.165) is 22.4 Å². The summed E-state index contributed by atoms with van der Waals surface area (Å²) in [7, 11) is 0. The number of hydrogen-bond donors (Lipinski definition) is 0. The molecule has 0 aliphatic heterocycles. The number of thiophene rings is 1. The second kappa shape index (κ2) is 11.4. The molecule has 0 aliphatic rings. The maximum Gasteiger partial charge on any atom is 0.164 e. The van der Waals surface area contributed by atoms with Crippen molar-refractivity contribution in [3.05, 3.63) is 169 Å². The van der Waals surface area contributed by atoms with Crippen molar-refractivity contribution in [2.45, 2.75) is 0 Å². The summed E-state index contributed by atoms with van der Waals surface area (Å²) < 4.78 is 3.82. The van der Waals surface area contributed by atoms with Gasteiger partial charge in [0.15, 0.2) is 17.5 Å². The molecule has 0 aliphatic carbocycles. The molecular formula is C47H28N4S. The Morgan fingerprint density at radius 3 is 1.33 bits per heavy atom. The molecule has 11 rings (SSSR count). The van der Waals surface area contributed by atoms with Crippen LogP contribution in [0.2, 0.25) is 0 Å². The molecule has 52 heavy (non-hydrogen) atoms. The van der Waals surface area contributed by atoms with E-state index in [1.54, 1.807) is 0 Å². The number of fused-ring (bicyclic) bond motifs is 13. The quantitative estimate of drug-likeness (QED) is 0.174. The van der Waals surface area contributed by atoms with Crippen molar-refractivity contribution in [2.24, 2.45) is 0 Å². The maximum absolute atomic E-state index is 5.01. The van der Waals surface area contributed by atoms with Crippen LogP contribution in [0.4, 0.5) is 0 Å². The smallest absolute Gasteiger partial charge is 0.164 e. The second-order valence-electron chi connectivity index (χ2n) is 13.2. The number of hydrogen-bond acceptors (Lipinski definition) is 4. The minimum atomic E-state index is 0.642. The molecule has 0 saturated carbocycles. The van der Waals surface area contributed by atoms with Gasteiger partial charge in [-0.05, 0) is 57.3 Å². The van der Waals surface area contributed by atoms with Crippen LogP contribution in [-0.2, 0) is 0 Å². The first-order valence-corrected chi connectivity index (χ1v) is 18.3. The first-order valence-electron chi connectivity index (χ1n) is 17.4. The molecule has 11 aromatic rings. The van der Waals surface area contributed by atoms with E-state index in [4.69, 9.17) is 15.0 Å². The summed E-state index contributed by atoms with van der Waals surface area (Å²) in [5, 5.41) is 13.7. The molecule has 0 atom stereocenters. The molecule has 0 bridgehead atoms. The highest BCUT2D eigenvalue weighted by Crippen LogP contribution is 2.48. The van der Waals surface area contributed by atoms with Crippen LogP contribution in [-0.4, -0.2) is 19.5 Å². The van der Waals surface area contributed by atoms with E-state index in [2.05, 4.69) is 113 Å². The molecule has 8 aromatic carbocycles. The molecule has 0 radical (unpaired) electrons. The van der Waals surface area contributed by atoms with Gasteiger partial charge in [0.2, 0.25) is 0 Å². The number of rotatable bonds is 4. The van der Waals surface area contributed by atoms with Gasteiger partial charge in [0.05, 0.1) is 11.0 Å². The van der Waals surface area contributed by atoms with E-state index in [9.17, 15) is 0 Å². The third-order valence-corrected chi connectivity index (χ3v) is 11.2. The summed E-state index contributed by atoms with van der Waals surface area (Å²) in [5.74, 6) is 1.95. The second-order valence-corrected chi connectivity index (χ2v) is 14.1. The summed E-state index contributed by atoms with van der Waals surface area (Å²) in [6, 6.07) is 57.9. The van der Waals surface area contributed by atoms with Crippen LogP contribution in [0.25, 0.3) is 104 Å². The highest BCUT2D eigenvalue weighted by molar-refractivity contribution is 7.18. The Morgan fingerprint density at radius 1 is 0.346 bits per heavy atom. The third-order valence-electron chi connectivity index (χ3n) is 10.3. The molecule has 3 aromatic heterocycles. The minimum Gasteiger partial charge on any atom is -0.308 e. The Kier molecular flexibility index (Phi) is 6.39. The zero-order valence-electron chi connectivity index (χ0n) is 27.9. The van der Waals surface area contributed by atoms with Crippen molar-refractivity contribution < 1.29 is 0 Å². The molecule has 0 amide bonds. The number of benzene rings is 8. The van der Waals surface area contributed by atoms with Crippen LogP contribution in [0.1, 0.15) is 0 Å². The van der Waals surface area contributed by atoms with E-state index >= 15 is 0 Å². The van der Waals surface area contributed by atoms with Crippen LogP contribution in [0, 0.1) is 0 Å². The van der Waals surface area contributed by atoms with Crippen LogP contribution < -0.4 is 0 Å². The first-order chi connectivity index (χ1) is 25.8. The van der Waals surface area contributed by atoms with E-state index in [-0.39, 0.29) is 0 Å². The van der Waals surface area contributed by atoms with Gasteiger partial charge in [0.25, 0.3) is 0 Å². The summed E-state index contributed by atoms with van der Waals surface area (Å²) in [5.41, 5.74) is 6.38. The van der Waals surface area contributed by atoms with Crippen LogP contribution in [0.15, 0.2) is 169 Å². The lowest BCUT2D eigenvalue weighted by molar-refractivity contribution is 1.07. The zero-order valence-corrected chi connectivity index (χ0v) is 28.7. The summed E-state index contributed by atoms with van der Waals surface area (Å²) in [6.45, 7) is 0. The molecule has 0 fully saturated rings. The van der Waals surface area contributed by atoms with E-state index < -0.39 is 0 Å². The van der Waals surface area contributed by atoms with E-state index in [1.165, 1.54) is 64.2 Å². The Hall–Kier alpha value is -6.69. The molecule has 0 spiro atoms. The highest BCUT2D eigenvalue weighted by Gasteiger charge is 2.24. The molecular weight excluding hydrogens is 653 g/mol. The fourth-order valence-electron chi connectivity index (χ4n) is 8.02. The lowest BCUT2D eigenvalue weighted by Crippen LogP contribution is -2.00. The van der Waals surface area contributed by atoms with Crippen LogP contribution in [0.3, 0.4) is 0 Å². The maximum atomic E-state index is 5.01. The fraction of sp³-hybridized carbons (Fsp3) is 0. The lowest BCUT2D eigenvalue weighted by Gasteiger charge is -2.14. The number of nitrogens with zero attached hydrogens (tertiary/aromatic N) is 4. The van der Waals surface area contributed by atoms with Gasteiger partial charge in [-0.15, -0.1) is 11.3 Å². The van der Waals surface area contributed by atoms with Crippen LogP contribution >= 0.6 is 11.3 Å². The minimum absolute atomic E-state index is 0.642. The summed E-state index contributed by atoms with van der Waals surface area (Å²) >= 11 is 1.83. The SMILES string of the molecule is c1ccc(-c2nc(-c3ccccc3)nc(-c3ccc(-n4c5c6ccccc6c6ccccc6c5c5c6sccc6c6ccccc6c54)cc3)n2)cc1. The Labute approximate surface area is 302 Å². The van der Waals surface area contributed by atoms with Gasteiger partial charge in [-0.1, -0.05) is 133 Å². The Balaban J connectivity index is 1.22. The van der Waals surface area contributed by atoms with Crippen LogP contribution in [0.5, 0.6) is 0 Å². The van der Waals surface area contributed by atoms with Crippen molar-refractivity contribution >= 4 is 75.5 Å². The van der Waals surface area contributed by atoms with Crippen molar-refractivity contribution in [1.29, 1.82) is 0 Å². The predicted octanol–water partition coefficient (Wildman–Crippen LogP) is 12.6. The monoisotopic (exact) mass is 680 g/mol. The molecule has 4 nitrogen and oxygen atoms in total. The van der Waals surface area contributed by atoms with Gasteiger partial charge in [-0.2, -0.15) is 0 Å². The zero-order chi connectivity index (χ0) is 34.2. The van der Waals surface area contributed by atoms with Crippen molar-refractivity contribution in [3.8, 4) is 39.9 Å². The van der Waals surface area contributed by atoms with Crippen molar-refractivity contribution in [1.82, 2.24) is 19.5 Å². The van der Waals surface area contributed by atoms with Crippen molar-refractivity contribution in [2.75, 3.05) is 0 Å². The Bertz CT molecular complexity index is 3100. The van der Waals surface area contributed by atoms with Gasteiger partial charge in [-0.3, -0.25) is 0 Å². The molecule has 5 heteroatoms. The average molecular weight is 681 g/mol. The third kappa shape index (κ3) is 4.30. The standard InChI is InChI=1S/C47H28N4S/c1-3-13-29(14-4-1)45-48-46(30-15-5-2-6-16-30)50-47(49-45)31-23-25-32(26-24-31)51-42-37-21-11-8-18-34(37)33-17-7-10-20-36(33)40(42)41-43(51)38-22-12-9-19-35(38)39-27-28-52-44(39)41/h1-28H. The molecule has 242 valence electrons. The van der Waals surface area contributed by atoms with Crippen molar-refractivity contribution in [3.63, 3.8) is 0 Å². The van der Waals surface area contributed by atoms with Gasteiger partial charge in [0, 0.05) is 54.0 Å². The molecule has 0 N–H and O–H groups in total. The molecule has 0 unspecified atom stereocenters. The number of aromatic nitrogens is 4. The summed E-state index contributed by atoms with van der Waals surface area (Å²) in [6.07, 6.45) is 0. The van der Waals surface area contributed by atoms with E-state index in [1.807, 2.05) is 72.0 Å². The van der Waals surface area contributed by atoms with Gasteiger partial charge in [0.1, 0.15) is 0 Å².